The lowest BCUT2D eigenvalue weighted by Crippen LogP contribution is -2.40. The van der Waals surface area contributed by atoms with Gasteiger partial charge in [-0.25, -0.2) is 5.10 Å². The van der Waals surface area contributed by atoms with E-state index in [4.69, 9.17) is 0 Å². The Labute approximate surface area is 137 Å². The molecule has 0 aliphatic carbocycles. The number of rotatable bonds is 2. The molecule has 4 rings (SSSR count). The molecule has 3 aromatic rings. The lowest BCUT2D eigenvalue weighted by atomic mass is 9.94. The molecule has 7 nitrogen and oxygen atoms in total. The van der Waals surface area contributed by atoms with Gasteiger partial charge in [-0.1, -0.05) is 18.2 Å². The number of fused-ring (bicyclic) bond motifs is 1. The molecule has 3 heterocycles. The number of aromatic amines is 2. The summed E-state index contributed by atoms with van der Waals surface area (Å²) in [5, 5.41) is 14.5. The minimum absolute atomic E-state index is 0.147. The van der Waals surface area contributed by atoms with Gasteiger partial charge < -0.3 is 4.90 Å². The van der Waals surface area contributed by atoms with E-state index in [2.05, 4.69) is 20.4 Å². The first-order valence-corrected chi connectivity index (χ1v) is 8.00. The number of likely N-dealkylation sites (tertiary alicyclic amines) is 1. The van der Waals surface area contributed by atoms with Crippen LogP contribution in [0.2, 0.25) is 0 Å². The molecule has 7 heteroatoms. The van der Waals surface area contributed by atoms with Crippen LogP contribution in [-0.2, 0) is 0 Å². The van der Waals surface area contributed by atoms with Crippen LogP contribution in [0.1, 0.15) is 34.9 Å². The third kappa shape index (κ3) is 2.47. The molecule has 1 amide bonds. The fraction of sp³-hybridized carbons (Fsp3) is 0.294. The van der Waals surface area contributed by atoms with E-state index in [1.165, 1.54) is 0 Å². The predicted molar refractivity (Wildman–Crippen MR) is 88.8 cm³/mol. The van der Waals surface area contributed by atoms with E-state index in [0.717, 1.165) is 18.5 Å². The number of H-pyrrole nitrogens is 2. The van der Waals surface area contributed by atoms with Crippen molar-refractivity contribution in [1.82, 2.24) is 25.3 Å². The summed E-state index contributed by atoms with van der Waals surface area (Å²) in [7, 11) is 0. The molecular weight excluding hydrogens is 306 g/mol. The van der Waals surface area contributed by atoms with E-state index in [1.807, 2.05) is 17.0 Å². The molecule has 1 saturated heterocycles. The molecule has 0 spiro atoms. The monoisotopic (exact) mass is 323 g/mol. The van der Waals surface area contributed by atoms with Crippen LogP contribution in [0, 0.1) is 0 Å². The highest BCUT2D eigenvalue weighted by molar-refractivity contribution is 6.04. The van der Waals surface area contributed by atoms with Gasteiger partial charge in [0.1, 0.15) is 0 Å². The van der Waals surface area contributed by atoms with E-state index < -0.39 is 0 Å². The van der Waals surface area contributed by atoms with Gasteiger partial charge in [-0.2, -0.15) is 10.2 Å². The minimum atomic E-state index is -0.281. The molecule has 0 saturated carbocycles. The molecule has 122 valence electrons. The standard InChI is InChI=1S/C17H17N5O2/c23-16-13-6-2-1-5-12(13)15(20-21-16)17(24)22-9-3-4-11(10-22)14-7-8-18-19-14/h1-2,5-8,11H,3-4,9-10H2,(H,18,19)(H,21,23)/t11-/m1/s1. The van der Waals surface area contributed by atoms with Crippen LogP contribution in [0.5, 0.6) is 0 Å². The first kappa shape index (κ1) is 14.6. The molecule has 1 aliphatic rings. The van der Waals surface area contributed by atoms with Gasteiger partial charge in [0.05, 0.1) is 5.39 Å². The summed E-state index contributed by atoms with van der Waals surface area (Å²) in [6.45, 7) is 1.31. The zero-order valence-electron chi connectivity index (χ0n) is 13.0. The third-order valence-corrected chi connectivity index (χ3v) is 4.57. The summed E-state index contributed by atoms with van der Waals surface area (Å²) in [5.41, 5.74) is 1.07. The zero-order valence-corrected chi connectivity index (χ0v) is 13.0. The number of hydrogen-bond donors (Lipinski definition) is 2. The van der Waals surface area contributed by atoms with Crippen LogP contribution >= 0.6 is 0 Å². The molecule has 0 unspecified atom stereocenters. The highest BCUT2D eigenvalue weighted by Gasteiger charge is 2.28. The topological polar surface area (TPSA) is 94.7 Å². The molecule has 2 aromatic heterocycles. The highest BCUT2D eigenvalue weighted by atomic mass is 16.2. The van der Waals surface area contributed by atoms with Crippen molar-refractivity contribution in [2.75, 3.05) is 13.1 Å². The van der Waals surface area contributed by atoms with E-state index in [-0.39, 0.29) is 17.4 Å². The minimum Gasteiger partial charge on any atom is -0.337 e. The number of nitrogens with zero attached hydrogens (tertiary/aromatic N) is 3. The molecule has 1 fully saturated rings. The summed E-state index contributed by atoms with van der Waals surface area (Å²) < 4.78 is 0. The molecule has 24 heavy (non-hydrogen) atoms. The SMILES string of the molecule is O=C(c1n[nH]c(=O)c2ccccc12)N1CCC[C@@H](c2ccn[nH]2)C1. The van der Waals surface area contributed by atoms with Gasteiger partial charge >= 0.3 is 0 Å². The zero-order chi connectivity index (χ0) is 16.5. The van der Waals surface area contributed by atoms with Crippen molar-refractivity contribution < 1.29 is 4.79 Å². The summed E-state index contributed by atoms with van der Waals surface area (Å²) in [4.78, 5) is 26.6. The summed E-state index contributed by atoms with van der Waals surface area (Å²) in [5.74, 6) is 0.103. The number of carbonyl (C=O) groups excluding carboxylic acids is 1. The van der Waals surface area contributed by atoms with Crippen molar-refractivity contribution in [3.63, 3.8) is 0 Å². The molecule has 0 bridgehead atoms. The van der Waals surface area contributed by atoms with Crippen molar-refractivity contribution in [2.24, 2.45) is 0 Å². The Morgan fingerprint density at radius 1 is 1.17 bits per heavy atom. The lowest BCUT2D eigenvalue weighted by molar-refractivity contribution is 0.0701. The number of amides is 1. The maximum Gasteiger partial charge on any atom is 0.274 e. The first-order chi connectivity index (χ1) is 11.7. The van der Waals surface area contributed by atoms with E-state index in [0.29, 0.717) is 29.6 Å². The number of benzene rings is 1. The van der Waals surface area contributed by atoms with Gasteiger partial charge in [-0.15, -0.1) is 0 Å². The first-order valence-electron chi connectivity index (χ1n) is 8.00. The Kier molecular flexibility index (Phi) is 3.60. The average Bonchev–Trinajstić information content (AvgIpc) is 3.17. The number of carbonyl (C=O) groups is 1. The van der Waals surface area contributed by atoms with Gasteiger partial charge in [0.15, 0.2) is 5.69 Å². The second-order valence-corrected chi connectivity index (χ2v) is 6.05. The largest absolute Gasteiger partial charge is 0.337 e. The molecular formula is C17H17N5O2. The second kappa shape index (κ2) is 5.92. The van der Waals surface area contributed by atoms with Crippen LogP contribution in [0.15, 0.2) is 41.3 Å². The van der Waals surface area contributed by atoms with E-state index >= 15 is 0 Å². The van der Waals surface area contributed by atoms with Crippen LogP contribution in [0.3, 0.4) is 0 Å². The van der Waals surface area contributed by atoms with Crippen molar-refractivity contribution in [3.8, 4) is 0 Å². The van der Waals surface area contributed by atoms with Gasteiger partial charge in [0.25, 0.3) is 11.5 Å². The fourth-order valence-corrected chi connectivity index (χ4v) is 3.34. The van der Waals surface area contributed by atoms with Gasteiger partial charge in [0.2, 0.25) is 0 Å². The lowest BCUT2D eigenvalue weighted by Gasteiger charge is -2.32. The second-order valence-electron chi connectivity index (χ2n) is 6.05. The molecule has 1 atom stereocenters. The van der Waals surface area contributed by atoms with Crippen molar-refractivity contribution >= 4 is 16.7 Å². The Morgan fingerprint density at radius 2 is 2.00 bits per heavy atom. The van der Waals surface area contributed by atoms with Crippen molar-refractivity contribution in [1.29, 1.82) is 0 Å². The van der Waals surface area contributed by atoms with Gasteiger partial charge in [-0.05, 0) is 25.0 Å². The maximum absolute atomic E-state index is 13.0. The Bertz CT molecular complexity index is 932. The smallest absolute Gasteiger partial charge is 0.274 e. The Hall–Kier alpha value is -2.96. The molecule has 2 N–H and O–H groups in total. The van der Waals surface area contributed by atoms with Crippen LogP contribution in [-0.4, -0.2) is 44.3 Å². The van der Waals surface area contributed by atoms with Gasteiger partial charge in [-0.3, -0.25) is 14.7 Å². The Morgan fingerprint density at radius 3 is 2.79 bits per heavy atom. The summed E-state index contributed by atoms with van der Waals surface area (Å²) in [6, 6.07) is 9.01. The van der Waals surface area contributed by atoms with E-state index in [9.17, 15) is 9.59 Å². The molecule has 1 aromatic carbocycles. The van der Waals surface area contributed by atoms with E-state index in [1.54, 1.807) is 24.4 Å². The number of aromatic nitrogens is 4. The number of piperidine rings is 1. The summed E-state index contributed by atoms with van der Waals surface area (Å²) in [6.07, 6.45) is 3.68. The molecule has 0 radical (unpaired) electrons. The van der Waals surface area contributed by atoms with Gasteiger partial charge in [0, 0.05) is 36.3 Å². The van der Waals surface area contributed by atoms with Crippen LogP contribution in [0.4, 0.5) is 0 Å². The normalized spacial score (nSPS) is 18.0. The van der Waals surface area contributed by atoms with Crippen molar-refractivity contribution in [3.05, 3.63) is 58.3 Å². The Balaban J connectivity index is 1.66. The molecule has 1 aliphatic heterocycles. The quantitative estimate of drug-likeness (QED) is 0.750. The van der Waals surface area contributed by atoms with Crippen LogP contribution in [0.25, 0.3) is 10.8 Å². The third-order valence-electron chi connectivity index (χ3n) is 4.57. The fourth-order valence-electron chi connectivity index (χ4n) is 3.34. The number of hydrogen-bond acceptors (Lipinski definition) is 4. The van der Waals surface area contributed by atoms with Crippen molar-refractivity contribution in [2.45, 2.75) is 18.8 Å². The predicted octanol–water partition coefficient (Wildman–Crippen LogP) is 1.67. The van der Waals surface area contributed by atoms with Crippen LogP contribution < -0.4 is 5.56 Å². The highest BCUT2D eigenvalue weighted by Crippen LogP contribution is 2.26. The maximum atomic E-state index is 13.0. The summed E-state index contributed by atoms with van der Waals surface area (Å²) >= 11 is 0. The number of nitrogens with one attached hydrogen (secondary N) is 2. The average molecular weight is 323 g/mol.